The second-order valence-electron chi connectivity index (χ2n) is 4.67. The predicted molar refractivity (Wildman–Crippen MR) is 78.9 cm³/mol. The number of nitrogens with zero attached hydrogens (tertiary/aromatic N) is 1. The molecule has 0 bridgehead atoms. The highest BCUT2D eigenvalue weighted by Crippen LogP contribution is 2.28. The van der Waals surface area contributed by atoms with Crippen molar-refractivity contribution in [2.45, 2.75) is 25.3 Å². The fourth-order valence-corrected chi connectivity index (χ4v) is 3.37. The summed E-state index contributed by atoms with van der Waals surface area (Å²) in [4.78, 5) is 15.8. The molecule has 2 N–H and O–H groups in total. The van der Waals surface area contributed by atoms with Gasteiger partial charge in [0.15, 0.2) is 5.13 Å². The number of amides is 1. The zero-order valence-corrected chi connectivity index (χ0v) is 11.9. The number of halogens is 1. The smallest absolute Gasteiger partial charge is 0.220 e. The molecule has 0 saturated carbocycles. The summed E-state index contributed by atoms with van der Waals surface area (Å²) in [6.45, 7) is 0.722. The summed E-state index contributed by atoms with van der Waals surface area (Å²) in [6.07, 6.45) is 2.64. The van der Waals surface area contributed by atoms with Crippen molar-refractivity contribution >= 4 is 44.2 Å². The molecular weight excluding hydrogens is 282 g/mol. The molecule has 1 fully saturated rings. The molecule has 100 valence electrons. The Morgan fingerprint density at radius 1 is 1.53 bits per heavy atom. The summed E-state index contributed by atoms with van der Waals surface area (Å²) in [5.41, 5.74) is 0.949. The van der Waals surface area contributed by atoms with E-state index in [-0.39, 0.29) is 11.9 Å². The minimum Gasteiger partial charge on any atom is -0.359 e. The number of rotatable bonds is 3. The van der Waals surface area contributed by atoms with E-state index in [1.54, 1.807) is 11.3 Å². The average Bonchev–Trinajstić information content (AvgIpc) is 2.78. The van der Waals surface area contributed by atoms with E-state index in [0.717, 1.165) is 39.8 Å². The van der Waals surface area contributed by atoms with E-state index in [1.165, 1.54) is 0 Å². The van der Waals surface area contributed by atoms with Crippen LogP contribution in [-0.2, 0) is 4.79 Å². The quantitative estimate of drug-likeness (QED) is 0.915. The molecule has 1 amide bonds. The minimum atomic E-state index is 0.147. The third kappa shape index (κ3) is 2.98. The van der Waals surface area contributed by atoms with Gasteiger partial charge < -0.3 is 10.6 Å². The van der Waals surface area contributed by atoms with E-state index < -0.39 is 0 Å². The molecule has 2 aromatic rings. The molecule has 1 atom stereocenters. The number of hydrogen-bond acceptors (Lipinski definition) is 4. The van der Waals surface area contributed by atoms with Crippen LogP contribution < -0.4 is 10.6 Å². The van der Waals surface area contributed by atoms with Gasteiger partial charge in [-0.3, -0.25) is 4.79 Å². The summed E-state index contributed by atoms with van der Waals surface area (Å²) >= 11 is 7.54. The fraction of sp³-hybridized carbons (Fsp3) is 0.385. The van der Waals surface area contributed by atoms with E-state index in [4.69, 9.17) is 11.6 Å². The molecule has 1 aromatic heterocycles. The van der Waals surface area contributed by atoms with Crippen molar-refractivity contribution in [1.29, 1.82) is 0 Å². The van der Waals surface area contributed by atoms with Gasteiger partial charge in [-0.2, -0.15) is 0 Å². The number of thiazole rings is 1. The number of carbonyl (C=O) groups is 1. The van der Waals surface area contributed by atoms with Crippen molar-refractivity contribution < 1.29 is 4.79 Å². The summed E-state index contributed by atoms with van der Waals surface area (Å²) in [5.74, 6) is 0.147. The van der Waals surface area contributed by atoms with Crippen LogP contribution in [0.3, 0.4) is 0 Å². The van der Waals surface area contributed by atoms with Crippen LogP contribution in [0.2, 0.25) is 5.02 Å². The number of fused-ring (bicyclic) bond motifs is 1. The van der Waals surface area contributed by atoms with E-state index in [9.17, 15) is 4.79 Å². The summed E-state index contributed by atoms with van der Waals surface area (Å²) in [7, 11) is 0. The molecule has 1 aliphatic rings. The average molecular weight is 296 g/mol. The van der Waals surface area contributed by atoms with Gasteiger partial charge in [0.05, 0.1) is 10.2 Å². The molecule has 1 saturated heterocycles. The molecule has 0 aliphatic carbocycles. The lowest BCUT2D eigenvalue weighted by molar-refractivity contribution is -0.123. The van der Waals surface area contributed by atoms with Crippen molar-refractivity contribution in [3.63, 3.8) is 0 Å². The van der Waals surface area contributed by atoms with Crippen LogP contribution >= 0.6 is 22.9 Å². The Hall–Kier alpha value is -1.33. The number of carbonyl (C=O) groups excluding carboxylic acids is 1. The molecule has 0 spiro atoms. The van der Waals surface area contributed by atoms with Crippen LogP contribution in [0.25, 0.3) is 10.2 Å². The maximum atomic E-state index is 11.3. The Morgan fingerprint density at radius 3 is 3.26 bits per heavy atom. The molecule has 0 unspecified atom stereocenters. The summed E-state index contributed by atoms with van der Waals surface area (Å²) in [5, 5.41) is 7.87. The Balaban J connectivity index is 1.66. The van der Waals surface area contributed by atoms with Crippen molar-refractivity contribution in [1.82, 2.24) is 10.3 Å². The lowest BCUT2D eigenvalue weighted by Crippen LogP contribution is -2.42. The largest absolute Gasteiger partial charge is 0.359 e. The normalized spacial score (nSPS) is 19.4. The first kappa shape index (κ1) is 12.7. The topological polar surface area (TPSA) is 54.0 Å². The highest BCUT2D eigenvalue weighted by Gasteiger charge is 2.18. The van der Waals surface area contributed by atoms with Crippen LogP contribution in [0.5, 0.6) is 0 Å². The van der Waals surface area contributed by atoms with Crippen LogP contribution in [-0.4, -0.2) is 23.5 Å². The molecule has 6 heteroatoms. The van der Waals surface area contributed by atoms with Gasteiger partial charge >= 0.3 is 0 Å². The lowest BCUT2D eigenvalue weighted by Gasteiger charge is -2.23. The molecule has 1 aromatic carbocycles. The summed E-state index contributed by atoms with van der Waals surface area (Å²) in [6, 6.07) is 5.88. The monoisotopic (exact) mass is 295 g/mol. The first-order valence-electron chi connectivity index (χ1n) is 6.30. The Morgan fingerprint density at radius 2 is 2.42 bits per heavy atom. The van der Waals surface area contributed by atoms with E-state index in [2.05, 4.69) is 15.6 Å². The standard InChI is InChI=1S/C13H14ClN3OS/c14-8-4-5-10-11(6-8)19-13(17-10)15-7-9-2-1-3-12(18)16-9/h4-6,9H,1-3,7H2,(H,15,17)(H,16,18)/t9-/m1/s1. The minimum absolute atomic E-state index is 0.147. The third-order valence-electron chi connectivity index (χ3n) is 3.17. The molecule has 3 rings (SSSR count). The maximum absolute atomic E-state index is 11.3. The zero-order valence-electron chi connectivity index (χ0n) is 10.3. The molecule has 0 radical (unpaired) electrons. The third-order valence-corrected chi connectivity index (χ3v) is 4.38. The highest BCUT2D eigenvalue weighted by atomic mass is 35.5. The number of aromatic nitrogens is 1. The van der Waals surface area contributed by atoms with Gasteiger partial charge in [0.2, 0.25) is 5.91 Å². The van der Waals surface area contributed by atoms with Crippen LogP contribution in [0, 0.1) is 0 Å². The number of piperidine rings is 1. The Kier molecular flexibility index (Phi) is 3.57. The van der Waals surface area contributed by atoms with E-state index >= 15 is 0 Å². The van der Waals surface area contributed by atoms with Crippen LogP contribution in [0.4, 0.5) is 5.13 Å². The Bertz CT molecular complexity index is 613. The van der Waals surface area contributed by atoms with E-state index in [1.807, 2.05) is 18.2 Å². The molecule has 2 heterocycles. The Labute approximate surface area is 120 Å². The molecule has 4 nitrogen and oxygen atoms in total. The number of hydrogen-bond donors (Lipinski definition) is 2. The van der Waals surface area contributed by atoms with Gasteiger partial charge in [0.25, 0.3) is 0 Å². The SMILES string of the molecule is O=C1CCC[C@H](CNc2nc3ccc(Cl)cc3s2)N1. The first-order chi connectivity index (χ1) is 9.20. The lowest BCUT2D eigenvalue weighted by atomic mass is 10.0. The van der Waals surface area contributed by atoms with Crippen molar-refractivity contribution in [3.8, 4) is 0 Å². The van der Waals surface area contributed by atoms with Crippen LogP contribution in [0.15, 0.2) is 18.2 Å². The molecular formula is C13H14ClN3OS. The summed E-state index contributed by atoms with van der Waals surface area (Å²) < 4.78 is 1.07. The number of anilines is 1. The number of nitrogens with one attached hydrogen (secondary N) is 2. The van der Waals surface area contributed by atoms with Gasteiger partial charge in [-0.25, -0.2) is 4.98 Å². The first-order valence-corrected chi connectivity index (χ1v) is 7.49. The zero-order chi connectivity index (χ0) is 13.2. The van der Waals surface area contributed by atoms with Crippen molar-refractivity contribution in [2.24, 2.45) is 0 Å². The second-order valence-corrected chi connectivity index (χ2v) is 6.14. The number of benzene rings is 1. The van der Waals surface area contributed by atoms with Crippen molar-refractivity contribution in [2.75, 3.05) is 11.9 Å². The van der Waals surface area contributed by atoms with Crippen molar-refractivity contribution in [3.05, 3.63) is 23.2 Å². The second kappa shape index (κ2) is 5.35. The fourth-order valence-electron chi connectivity index (χ4n) is 2.22. The molecule has 19 heavy (non-hydrogen) atoms. The van der Waals surface area contributed by atoms with E-state index in [0.29, 0.717) is 6.42 Å². The molecule has 1 aliphatic heterocycles. The maximum Gasteiger partial charge on any atom is 0.220 e. The van der Waals surface area contributed by atoms with Gasteiger partial charge in [-0.15, -0.1) is 0 Å². The van der Waals surface area contributed by atoms with Crippen LogP contribution in [0.1, 0.15) is 19.3 Å². The van der Waals surface area contributed by atoms with Gasteiger partial charge in [0, 0.05) is 24.0 Å². The predicted octanol–water partition coefficient (Wildman–Crippen LogP) is 3.03. The highest BCUT2D eigenvalue weighted by molar-refractivity contribution is 7.22. The van der Waals surface area contributed by atoms with Gasteiger partial charge in [0.1, 0.15) is 0 Å². The van der Waals surface area contributed by atoms with Gasteiger partial charge in [-0.05, 0) is 31.0 Å². The van der Waals surface area contributed by atoms with Gasteiger partial charge in [-0.1, -0.05) is 22.9 Å².